The van der Waals surface area contributed by atoms with Gasteiger partial charge in [0.1, 0.15) is 11.4 Å². The number of nitrogens with zero attached hydrogens (tertiary/aromatic N) is 3. The largest absolute Gasteiger partial charge is 0.371 e. The minimum atomic E-state index is -0.387. The van der Waals surface area contributed by atoms with Crippen molar-refractivity contribution in [2.75, 3.05) is 18.0 Å². The molecule has 5 nitrogen and oxygen atoms in total. The van der Waals surface area contributed by atoms with E-state index in [1.165, 1.54) is 0 Å². The fourth-order valence-electron chi connectivity index (χ4n) is 4.20. The predicted octanol–water partition coefficient (Wildman–Crippen LogP) is 4.04. The molecule has 1 aromatic carbocycles. The standard InChI is InChI=1S/C20H22BrN3O2/c1-20(2)17-16(11-25-20)19(24-9-14-7-8-15(10-24)26-14)23-18(22-17)12-3-5-13(21)6-4-12/h3-6,14-15H,7-11H2,1-2H3. The maximum atomic E-state index is 6.05. The molecular formula is C20H22BrN3O2. The molecule has 0 radical (unpaired) electrons. The van der Waals surface area contributed by atoms with E-state index in [1.807, 2.05) is 12.1 Å². The quantitative estimate of drug-likeness (QED) is 0.740. The zero-order chi connectivity index (χ0) is 17.9. The van der Waals surface area contributed by atoms with Crippen molar-refractivity contribution in [3.8, 4) is 11.4 Å². The van der Waals surface area contributed by atoms with E-state index in [9.17, 15) is 0 Å². The first-order chi connectivity index (χ1) is 12.5. The van der Waals surface area contributed by atoms with Crippen LogP contribution in [-0.4, -0.2) is 35.3 Å². The molecule has 26 heavy (non-hydrogen) atoms. The lowest BCUT2D eigenvalue weighted by atomic mass is 10.0. The van der Waals surface area contributed by atoms with Gasteiger partial charge in [0, 0.05) is 28.7 Å². The highest BCUT2D eigenvalue weighted by Crippen LogP contribution is 2.41. The summed E-state index contributed by atoms with van der Waals surface area (Å²) in [6.07, 6.45) is 2.95. The molecule has 3 aliphatic heterocycles. The Morgan fingerprint density at radius 3 is 2.46 bits per heavy atom. The third-order valence-electron chi connectivity index (χ3n) is 5.58. The van der Waals surface area contributed by atoms with Gasteiger partial charge >= 0.3 is 0 Å². The van der Waals surface area contributed by atoms with Gasteiger partial charge < -0.3 is 14.4 Å². The third kappa shape index (κ3) is 2.75. The fourth-order valence-corrected chi connectivity index (χ4v) is 4.47. The van der Waals surface area contributed by atoms with Crippen LogP contribution in [0.1, 0.15) is 37.9 Å². The zero-order valence-corrected chi connectivity index (χ0v) is 16.6. The fraction of sp³-hybridized carbons (Fsp3) is 0.500. The van der Waals surface area contributed by atoms with E-state index < -0.39 is 0 Å². The van der Waals surface area contributed by atoms with Crippen molar-refractivity contribution in [2.24, 2.45) is 0 Å². The van der Waals surface area contributed by atoms with Crippen molar-refractivity contribution in [3.05, 3.63) is 40.0 Å². The molecule has 6 heteroatoms. The van der Waals surface area contributed by atoms with E-state index in [0.717, 1.165) is 58.9 Å². The number of hydrogen-bond donors (Lipinski definition) is 0. The molecule has 3 aliphatic rings. The third-order valence-corrected chi connectivity index (χ3v) is 6.11. The lowest BCUT2D eigenvalue weighted by Gasteiger charge is -2.34. The van der Waals surface area contributed by atoms with Gasteiger partial charge in [0.05, 0.1) is 24.5 Å². The summed E-state index contributed by atoms with van der Waals surface area (Å²) in [6, 6.07) is 8.17. The van der Waals surface area contributed by atoms with E-state index in [4.69, 9.17) is 19.4 Å². The molecule has 2 fully saturated rings. The summed E-state index contributed by atoms with van der Waals surface area (Å²) < 4.78 is 13.1. The molecule has 4 heterocycles. The molecule has 2 unspecified atom stereocenters. The van der Waals surface area contributed by atoms with Gasteiger partial charge in [-0.1, -0.05) is 28.1 Å². The second kappa shape index (κ2) is 6.01. The molecule has 2 aromatic rings. The number of hydrogen-bond acceptors (Lipinski definition) is 5. The van der Waals surface area contributed by atoms with Crippen LogP contribution in [0.25, 0.3) is 11.4 Å². The first kappa shape index (κ1) is 16.7. The number of rotatable bonds is 2. The Labute approximate surface area is 161 Å². The summed E-state index contributed by atoms with van der Waals surface area (Å²) in [4.78, 5) is 12.3. The van der Waals surface area contributed by atoms with E-state index in [-0.39, 0.29) is 5.60 Å². The summed E-state index contributed by atoms with van der Waals surface area (Å²) in [7, 11) is 0. The van der Waals surface area contributed by atoms with Gasteiger partial charge in [0.25, 0.3) is 0 Å². The lowest BCUT2D eigenvalue weighted by Crippen LogP contribution is -2.43. The van der Waals surface area contributed by atoms with Gasteiger partial charge in [-0.3, -0.25) is 0 Å². The molecule has 2 bridgehead atoms. The van der Waals surface area contributed by atoms with Crippen LogP contribution in [0.2, 0.25) is 0 Å². The van der Waals surface area contributed by atoms with Crippen LogP contribution in [0, 0.1) is 0 Å². The smallest absolute Gasteiger partial charge is 0.161 e. The van der Waals surface area contributed by atoms with Gasteiger partial charge in [-0.05, 0) is 38.8 Å². The summed E-state index contributed by atoms with van der Waals surface area (Å²) in [5.74, 6) is 1.79. The number of fused-ring (bicyclic) bond motifs is 3. The van der Waals surface area contributed by atoms with E-state index >= 15 is 0 Å². The lowest BCUT2D eigenvalue weighted by molar-refractivity contribution is -0.0101. The van der Waals surface area contributed by atoms with Crippen LogP contribution < -0.4 is 4.90 Å². The van der Waals surface area contributed by atoms with Crippen molar-refractivity contribution < 1.29 is 9.47 Å². The molecule has 0 amide bonds. The maximum Gasteiger partial charge on any atom is 0.161 e. The van der Waals surface area contributed by atoms with E-state index in [2.05, 4.69) is 46.8 Å². The summed E-state index contributed by atoms with van der Waals surface area (Å²) in [5, 5.41) is 0. The summed E-state index contributed by atoms with van der Waals surface area (Å²) >= 11 is 3.50. The second-order valence-electron chi connectivity index (χ2n) is 7.87. The Hall–Kier alpha value is -1.50. The molecule has 5 rings (SSSR count). The van der Waals surface area contributed by atoms with Gasteiger partial charge in [0.2, 0.25) is 0 Å². The summed E-state index contributed by atoms with van der Waals surface area (Å²) in [6.45, 7) is 6.55. The van der Waals surface area contributed by atoms with Crippen LogP contribution in [0.4, 0.5) is 5.82 Å². The second-order valence-corrected chi connectivity index (χ2v) is 8.78. The minimum Gasteiger partial charge on any atom is -0.371 e. The number of benzene rings is 1. The average molecular weight is 416 g/mol. The molecule has 0 N–H and O–H groups in total. The molecule has 2 saturated heterocycles. The Balaban J connectivity index is 1.63. The van der Waals surface area contributed by atoms with Crippen molar-refractivity contribution >= 4 is 21.7 Å². The first-order valence-electron chi connectivity index (χ1n) is 9.21. The highest BCUT2D eigenvalue weighted by Gasteiger charge is 2.40. The molecule has 2 atom stereocenters. The van der Waals surface area contributed by atoms with Crippen LogP contribution in [0.15, 0.2) is 28.7 Å². The van der Waals surface area contributed by atoms with Crippen molar-refractivity contribution in [2.45, 2.75) is 51.1 Å². The van der Waals surface area contributed by atoms with Crippen LogP contribution >= 0.6 is 15.9 Å². The number of anilines is 1. The molecule has 136 valence electrons. The normalized spacial score (nSPS) is 26.2. The van der Waals surface area contributed by atoms with Crippen molar-refractivity contribution in [1.29, 1.82) is 0 Å². The van der Waals surface area contributed by atoms with Crippen LogP contribution in [0.5, 0.6) is 0 Å². The first-order valence-corrected chi connectivity index (χ1v) is 10.0. The van der Waals surface area contributed by atoms with Crippen molar-refractivity contribution in [3.63, 3.8) is 0 Å². The molecule has 0 aliphatic carbocycles. The number of aromatic nitrogens is 2. The minimum absolute atomic E-state index is 0.325. The van der Waals surface area contributed by atoms with E-state index in [0.29, 0.717) is 18.8 Å². The summed E-state index contributed by atoms with van der Waals surface area (Å²) in [5.41, 5.74) is 2.79. The Morgan fingerprint density at radius 1 is 1.08 bits per heavy atom. The molecular weight excluding hydrogens is 394 g/mol. The molecule has 0 spiro atoms. The van der Waals surface area contributed by atoms with Gasteiger partial charge in [-0.2, -0.15) is 0 Å². The van der Waals surface area contributed by atoms with Crippen LogP contribution in [0.3, 0.4) is 0 Å². The number of halogens is 1. The molecule has 0 saturated carbocycles. The van der Waals surface area contributed by atoms with Crippen LogP contribution in [-0.2, 0) is 21.7 Å². The Bertz CT molecular complexity index is 841. The Kier molecular flexibility index (Phi) is 3.85. The van der Waals surface area contributed by atoms with Gasteiger partial charge in [-0.15, -0.1) is 0 Å². The Morgan fingerprint density at radius 2 is 1.77 bits per heavy atom. The van der Waals surface area contributed by atoms with E-state index in [1.54, 1.807) is 0 Å². The zero-order valence-electron chi connectivity index (χ0n) is 15.0. The van der Waals surface area contributed by atoms with Gasteiger partial charge in [-0.25, -0.2) is 9.97 Å². The maximum absolute atomic E-state index is 6.05. The monoisotopic (exact) mass is 415 g/mol. The SMILES string of the molecule is CC1(C)OCc2c(N3CC4CCC(C3)O4)nc(-c3ccc(Br)cc3)nc21. The average Bonchev–Trinajstić information content (AvgIpc) is 3.13. The predicted molar refractivity (Wildman–Crippen MR) is 103 cm³/mol. The highest BCUT2D eigenvalue weighted by atomic mass is 79.9. The van der Waals surface area contributed by atoms with Gasteiger partial charge in [0.15, 0.2) is 5.82 Å². The highest BCUT2D eigenvalue weighted by molar-refractivity contribution is 9.10. The topological polar surface area (TPSA) is 47.5 Å². The number of morpholine rings is 1. The van der Waals surface area contributed by atoms with Crippen molar-refractivity contribution in [1.82, 2.24) is 9.97 Å². The number of ether oxygens (including phenoxy) is 2. The molecule has 1 aromatic heterocycles.